The molecule has 0 bridgehead atoms. The van der Waals surface area contributed by atoms with E-state index in [1.165, 1.54) is 12.8 Å². The summed E-state index contributed by atoms with van der Waals surface area (Å²) in [5.74, 6) is 1.77. The Balaban J connectivity index is 0.00000392. The van der Waals surface area contributed by atoms with E-state index in [4.69, 9.17) is 9.41 Å². The van der Waals surface area contributed by atoms with Gasteiger partial charge in [-0.05, 0) is 58.3 Å². The van der Waals surface area contributed by atoms with Crippen LogP contribution in [0.5, 0.6) is 0 Å². The van der Waals surface area contributed by atoms with Crippen LogP contribution >= 0.6 is 24.0 Å². The van der Waals surface area contributed by atoms with Crippen LogP contribution in [0.25, 0.3) is 0 Å². The molecule has 1 fully saturated rings. The second-order valence-corrected chi connectivity index (χ2v) is 7.05. The topological polar surface area (TPSA) is 81.9 Å². The highest BCUT2D eigenvalue weighted by molar-refractivity contribution is 14.0. The Kier molecular flexibility index (Phi) is 12.2. The molecule has 1 amide bonds. The summed E-state index contributed by atoms with van der Waals surface area (Å²) >= 11 is 0. The van der Waals surface area contributed by atoms with E-state index in [0.29, 0.717) is 19.5 Å². The van der Waals surface area contributed by atoms with E-state index in [1.54, 1.807) is 6.26 Å². The van der Waals surface area contributed by atoms with Gasteiger partial charge in [0.05, 0.1) is 18.8 Å². The molecule has 1 aliphatic rings. The summed E-state index contributed by atoms with van der Waals surface area (Å²) in [6.45, 7) is 10.3. The third kappa shape index (κ3) is 8.38. The van der Waals surface area contributed by atoms with Crippen LogP contribution < -0.4 is 16.0 Å². The van der Waals surface area contributed by atoms with Crippen LogP contribution in [0, 0.1) is 0 Å². The van der Waals surface area contributed by atoms with Crippen molar-refractivity contribution in [3.8, 4) is 0 Å². The van der Waals surface area contributed by atoms with E-state index < -0.39 is 0 Å². The molecule has 2 rings (SSSR count). The van der Waals surface area contributed by atoms with Gasteiger partial charge < -0.3 is 20.4 Å². The van der Waals surface area contributed by atoms with Gasteiger partial charge in [0.2, 0.25) is 5.91 Å². The lowest BCUT2D eigenvalue weighted by Crippen LogP contribution is -2.41. The zero-order valence-corrected chi connectivity index (χ0v) is 19.7. The van der Waals surface area contributed by atoms with Crippen LogP contribution in [0.3, 0.4) is 0 Å². The summed E-state index contributed by atoms with van der Waals surface area (Å²) in [6, 6.07) is 4.33. The van der Waals surface area contributed by atoms with Gasteiger partial charge in [-0.1, -0.05) is 6.92 Å². The Hall–Kier alpha value is -1.29. The number of carbonyl (C=O) groups excluding carboxylic acids is 1. The number of rotatable bonds is 10. The predicted octanol–water partition coefficient (Wildman–Crippen LogP) is 2.89. The fourth-order valence-electron chi connectivity index (χ4n) is 3.18. The third-order valence-corrected chi connectivity index (χ3v) is 4.88. The maximum atomic E-state index is 11.9. The van der Waals surface area contributed by atoms with Crippen LogP contribution in [-0.2, 0) is 4.79 Å². The van der Waals surface area contributed by atoms with Gasteiger partial charge in [-0.2, -0.15) is 0 Å². The Bertz CT molecular complexity index is 573. The van der Waals surface area contributed by atoms with Crippen molar-refractivity contribution in [2.45, 2.75) is 58.5 Å². The molecule has 0 saturated carbocycles. The molecule has 3 N–H and O–H groups in total. The summed E-state index contributed by atoms with van der Waals surface area (Å²) < 4.78 is 5.66. The molecule has 0 aromatic carbocycles. The van der Waals surface area contributed by atoms with Gasteiger partial charge in [-0.25, -0.2) is 0 Å². The van der Waals surface area contributed by atoms with Crippen molar-refractivity contribution in [2.24, 2.45) is 4.99 Å². The van der Waals surface area contributed by atoms with Crippen LogP contribution in [0.2, 0.25) is 0 Å². The van der Waals surface area contributed by atoms with E-state index >= 15 is 0 Å². The summed E-state index contributed by atoms with van der Waals surface area (Å²) in [5, 5.41) is 9.50. The molecule has 2 unspecified atom stereocenters. The Labute approximate surface area is 186 Å². The number of nitrogens with one attached hydrogen (secondary N) is 3. The van der Waals surface area contributed by atoms with E-state index in [2.05, 4.69) is 27.8 Å². The van der Waals surface area contributed by atoms with Crippen molar-refractivity contribution in [3.63, 3.8) is 0 Å². The lowest BCUT2D eigenvalue weighted by Gasteiger charge is -2.24. The molecule has 7 nitrogen and oxygen atoms in total. The molecule has 1 aliphatic heterocycles. The normalized spacial score (nSPS) is 16.9. The highest BCUT2D eigenvalue weighted by Crippen LogP contribution is 2.25. The number of nitrogens with zero attached hydrogens (tertiary/aromatic N) is 2. The fraction of sp³-hybridized carbons (Fsp3) is 0.700. The second-order valence-electron chi connectivity index (χ2n) is 7.05. The molecular weight excluding hydrogens is 469 g/mol. The van der Waals surface area contributed by atoms with Crippen molar-refractivity contribution < 1.29 is 9.21 Å². The molecule has 0 radical (unpaired) electrons. The highest BCUT2D eigenvalue weighted by Gasteiger charge is 2.25. The number of halogens is 1. The van der Waals surface area contributed by atoms with Gasteiger partial charge in [0, 0.05) is 25.6 Å². The summed E-state index contributed by atoms with van der Waals surface area (Å²) in [5.41, 5.74) is 0. The lowest BCUT2D eigenvalue weighted by atomic mass is 10.2. The minimum atomic E-state index is 0. The van der Waals surface area contributed by atoms with Gasteiger partial charge in [-0.3, -0.25) is 14.7 Å². The van der Waals surface area contributed by atoms with E-state index in [9.17, 15) is 4.79 Å². The first kappa shape index (κ1) is 24.7. The van der Waals surface area contributed by atoms with Crippen molar-refractivity contribution in [1.82, 2.24) is 20.9 Å². The quantitative estimate of drug-likeness (QED) is 0.259. The first-order valence-corrected chi connectivity index (χ1v) is 10.2. The van der Waals surface area contributed by atoms with E-state index in [-0.39, 0.29) is 42.0 Å². The number of amides is 1. The summed E-state index contributed by atoms with van der Waals surface area (Å²) in [6.07, 6.45) is 5.55. The molecule has 28 heavy (non-hydrogen) atoms. The Morgan fingerprint density at radius 2 is 2.04 bits per heavy atom. The monoisotopic (exact) mass is 505 g/mol. The number of aliphatic imine (C=N–C) groups is 1. The fourth-order valence-corrected chi connectivity index (χ4v) is 3.18. The van der Waals surface area contributed by atoms with Crippen molar-refractivity contribution in [3.05, 3.63) is 24.2 Å². The zero-order valence-electron chi connectivity index (χ0n) is 17.4. The Morgan fingerprint density at radius 1 is 1.29 bits per heavy atom. The average Bonchev–Trinajstić information content (AvgIpc) is 3.36. The van der Waals surface area contributed by atoms with Gasteiger partial charge in [0.1, 0.15) is 5.76 Å². The number of hydrogen-bond donors (Lipinski definition) is 3. The molecule has 160 valence electrons. The number of carbonyl (C=O) groups is 1. The molecule has 0 spiro atoms. The standard InChI is InChI=1S/C20H35N5O2.HI/c1-4-16(3)24-19(26)10-11-22-20(21-5-2)23-15-17(18-9-8-14-27-18)25-12-6-7-13-25;/h8-9,14,16-17H,4-7,10-13,15H2,1-3H3,(H,24,26)(H2,21,22,23);1H. The van der Waals surface area contributed by atoms with E-state index in [1.807, 2.05) is 26.0 Å². The SMILES string of the molecule is CCNC(=NCC(c1ccco1)N1CCCC1)NCCC(=O)NC(C)CC.I. The smallest absolute Gasteiger partial charge is 0.221 e. The molecule has 0 aliphatic carbocycles. The summed E-state index contributed by atoms with van der Waals surface area (Å²) in [4.78, 5) is 19.1. The highest BCUT2D eigenvalue weighted by atomic mass is 127. The lowest BCUT2D eigenvalue weighted by molar-refractivity contribution is -0.121. The predicted molar refractivity (Wildman–Crippen MR) is 124 cm³/mol. The number of likely N-dealkylation sites (tertiary alicyclic amines) is 1. The Morgan fingerprint density at radius 3 is 2.64 bits per heavy atom. The maximum Gasteiger partial charge on any atom is 0.221 e. The van der Waals surface area contributed by atoms with Crippen molar-refractivity contribution in [2.75, 3.05) is 32.7 Å². The van der Waals surface area contributed by atoms with Crippen molar-refractivity contribution in [1.29, 1.82) is 0 Å². The van der Waals surface area contributed by atoms with Gasteiger partial charge in [-0.15, -0.1) is 24.0 Å². The number of furan rings is 1. The van der Waals surface area contributed by atoms with Crippen LogP contribution in [0.4, 0.5) is 0 Å². The molecule has 8 heteroatoms. The first-order valence-electron chi connectivity index (χ1n) is 10.2. The molecular formula is C20H36IN5O2. The zero-order chi connectivity index (χ0) is 19.5. The molecule has 2 heterocycles. The van der Waals surface area contributed by atoms with Crippen molar-refractivity contribution >= 4 is 35.8 Å². The first-order chi connectivity index (χ1) is 13.1. The molecule has 1 saturated heterocycles. The minimum absolute atomic E-state index is 0. The average molecular weight is 505 g/mol. The third-order valence-electron chi connectivity index (χ3n) is 4.88. The van der Waals surface area contributed by atoms with Gasteiger partial charge in [0.15, 0.2) is 5.96 Å². The largest absolute Gasteiger partial charge is 0.468 e. The summed E-state index contributed by atoms with van der Waals surface area (Å²) in [7, 11) is 0. The molecule has 1 aromatic heterocycles. The van der Waals surface area contributed by atoms with Gasteiger partial charge >= 0.3 is 0 Å². The molecule has 2 atom stereocenters. The maximum absolute atomic E-state index is 11.9. The second kappa shape index (κ2) is 13.8. The minimum Gasteiger partial charge on any atom is -0.468 e. The van der Waals surface area contributed by atoms with E-state index in [0.717, 1.165) is 37.8 Å². The van der Waals surface area contributed by atoms with Crippen LogP contribution in [-0.4, -0.2) is 55.5 Å². The van der Waals surface area contributed by atoms with Crippen LogP contribution in [0.1, 0.15) is 58.3 Å². The number of hydrogen-bond acceptors (Lipinski definition) is 4. The molecule has 1 aromatic rings. The number of guanidine groups is 1. The van der Waals surface area contributed by atoms with Crippen LogP contribution in [0.15, 0.2) is 27.8 Å². The van der Waals surface area contributed by atoms with Gasteiger partial charge in [0.25, 0.3) is 0 Å².